The van der Waals surface area contributed by atoms with Crippen molar-refractivity contribution in [1.82, 2.24) is 0 Å². The molecule has 0 aliphatic carbocycles. The summed E-state index contributed by atoms with van der Waals surface area (Å²) in [5.74, 6) is 0.919. The Balaban J connectivity index is 1.95. The fourth-order valence-electron chi connectivity index (χ4n) is 2.58. The first-order valence-electron chi connectivity index (χ1n) is 6.75. The van der Waals surface area contributed by atoms with Crippen LogP contribution in [0.5, 0.6) is 5.75 Å². The van der Waals surface area contributed by atoms with Gasteiger partial charge in [0.15, 0.2) is 0 Å². The van der Waals surface area contributed by atoms with E-state index in [1.807, 2.05) is 31.2 Å². The number of ether oxygens (including phenoxy) is 2. The largest absolute Gasteiger partial charge is 0.493 e. The number of allylic oxidation sites excluding steroid dienone is 2. The zero-order valence-corrected chi connectivity index (χ0v) is 11.0. The van der Waals surface area contributed by atoms with Gasteiger partial charge in [0, 0.05) is 17.6 Å². The lowest BCUT2D eigenvalue weighted by Crippen LogP contribution is -2.28. The molecular formula is C16H18O3. The van der Waals surface area contributed by atoms with E-state index in [4.69, 9.17) is 9.47 Å². The van der Waals surface area contributed by atoms with Gasteiger partial charge >= 0.3 is 0 Å². The SMILES string of the molecule is CCC(O)CC1OC=CC2=C1COc1ccccc12. The number of rotatable bonds is 3. The maximum Gasteiger partial charge on any atom is 0.127 e. The topological polar surface area (TPSA) is 38.7 Å². The van der Waals surface area contributed by atoms with Crippen LogP contribution in [-0.2, 0) is 4.74 Å². The van der Waals surface area contributed by atoms with E-state index < -0.39 is 0 Å². The van der Waals surface area contributed by atoms with Crippen LogP contribution in [0.4, 0.5) is 0 Å². The second-order valence-electron chi connectivity index (χ2n) is 4.95. The second-order valence-corrected chi connectivity index (χ2v) is 4.95. The highest BCUT2D eigenvalue weighted by Gasteiger charge is 2.28. The van der Waals surface area contributed by atoms with E-state index in [0.29, 0.717) is 13.0 Å². The smallest absolute Gasteiger partial charge is 0.127 e. The highest BCUT2D eigenvalue weighted by molar-refractivity contribution is 5.82. The van der Waals surface area contributed by atoms with E-state index in [1.54, 1.807) is 6.26 Å². The van der Waals surface area contributed by atoms with E-state index >= 15 is 0 Å². The quantitative estimate of drug-likeness (QED) is 0.906. The van der Waals surface area contributed by atoms with Crippen molar-refractivity contribution >= 4 is 5.57 Å². The van der Waals surface area contributed by atoms with Gasteiger partial charge in [-0.2, -0.15) is 0 Å². The Morgan fingerprint density at radius 1 is 1.37 bits per heavy atom. The van der Waals surface area contributed by atoms with Crippen LogP contribution >= 0.6 is 0 Å². The Bertz CT molecular complexity index is 531. The van der Waals surface area contributed by atoms with Gasteiger partial charge in [0.25, 0.3) is 0 Å². The highest BCUT2D eigenvalue weighted by Crippen LogP contribution is 2.38. The lowest BCUT2D eigenvalue weighted by molar-refractivity contribution is 0.0778. The van der Waals surface area contributed by atoms with Gasteiger partial charge in [-0.15, -0.1) is 0 Å². The number of hydrogen-bond acceptors (Lipinski definition) is 3. The molecule has 0 radical (unpaired) electrons. The van der Waals surface area contributed by atoms with Crippen LogP contribution in [0.1, 0.15) is 25.3 Å². The van der Waals surface area contributed by atoms with Crippen LogP contribution in [0.15, 0.2) is 42.2 Å². The van der Waals surface area contributed by atoms with E-state index in [0.717, 1.165) is 23.3 Å². The standard InChI is InChI=1S/C16H18O3/c1-2-11(17)9-16-14-10-19-15-6-4-3-5-13(15)12(14)7-8-18-16/h3-8,11,16-17H,2,9-10H2,1H3. The first-order valence-corrected chi connectivity index (χ1v) is 6.75. The molecule has 0 saturated heterocycles. The maximum absolute atomic E-state index is 9.83. The Hall–Kier alpha value is -1.74. The molecule has 3 nitrogen and oxygen atoms in total. The molecule has 1 aromatic rings. The average Bonchev–Trinajstić information content (AvgIpc) is 2.47. The van der Waals surface area contributed by atoms with Crippen LogP contribution in [0.25, 0.3) is 5.57 Å². The summed E-state index contributed by atoms with van der Waals surface area (Å²) in [5, 5.41) is 9.83. The van der Waals surface area contributed by atoms with Gasteiger partial charge in [-0.3, -0.25) is 0 Å². The molecule has 1 aromatic carbocycles. The van der Waals surface area contributed by atoms with Crippen LogP contribution in [0.3, 0.4) is 0 Å². The van der Waals surface area contributed by atoms with Crippen molar-refractivity contribution in [2.75, 3.05) is 6.61 Å². The number of aliphatic hydroxyl groups excluding tert-OH is 1. The van der Waals surface area contributed by atoms with Crippen molar-refractivity contribution in [3.8, 4) is 5.75 Å². The third-order valence-electron chi connectivity index (χ3n) is 3.73. The number of para-hydroxylation sites is 1. The molecule has 0 saturated carbocycles. The number of benzene rings is 1. The Kier molecular flexibility index (Phi) is 3.30. The molecule has 0 bridgehead atoms. The predicted molar refractivity (Wildman–Crippen MR) is 73.8 cm³/mol. The molecule has 0 amide bonds. The van der Waals surface area contributed by atoms with Crippen molar-refractivity contribution < 1.29 is 14.6 Å². The summed E-state index contributed by atoms with van der Waals surface area (Å²) in [6, 6.07) is 8.04. The van der Waals surface area contributed by atoms with Crippen molar-refractivity contribution in [3.63, 3.8) is 0 Å². The first-order chi connectivity index (χ1) is 9.29. The molecule has 0 spiro atoms. The summed E-state index contributed by atoms with van der Waals surface area (Å²) < 4.78 is 11.4. The maximum atomic E-state index is 9.83. The van der Waals surface area contributed by atoms with Gasteiger partial charge in [0.05, 0.1) is 12.4 Å². The van der Waals surface area contributed by atoms with E-state index in [-0.39, 0.29) is 12.2 Å². The van der Waals surface area contributed by atoms with E-state index in [9.17, 15) is 5.11 Å². The molecule has 3 heteroatoms. The fourth-order valence-corrected chi connectivity index (χ4v) is 2.58. The van der Waals surface area contributed by atoms with Gasteiger partial charge < -0.3 is 14.6 Å². The normalized spacial score (nSPS) is 22.1. The molecule has 2 aliphatic rings. The van der Waals surface area contributed by atoms with Crippen molar-refractivity contribution in [1.29, 1.82) is 0 Å². The van der Waals surface area contributed by atoms with Crippen LogP contribution in [0.2, 0.25) is 0 Å². The molecule has 19 heavy (non-hydrogen) atoms. The van der Waals surface area contributed by atoms with Gasteiger partial charge in [0.2, 0.25) is 0 Å². The van der Waals surface area contributed by atoms with Crippen molar-refractivity contribution in [3.05, 3.63) is 47.7 Å². The third-order valence-corrected chi connectivity index (χ3v) is 3.73. The summed E-state index contributed by atoms with van der Waals surface area (Å²) in [4.78, 5) is 0. The average molecular weight is 258 g/mol. The molecule has 2 unspecified atom stereocenters. The minimum Gasteiger partial charge on any atom is -0.493 e. The number of hydrogen-bond donors (Lipinski definition) is 1. The zero-order valence-electron chi connectivity index (χ0n) is 11.0. The second kappa shape index (κ2) is 5.10. The molecule has 3 rings (SSSR count). The monoisotopic (exact) mass is 258 g/mol. The fraction of sp³-hybridized carbons (Fsp3) is 0.375. The first kappa shape index (κ1) is 12.3. The molecule has 2 atom stereocenters. The van der Waals surface area contributed by atoms with Crippen molar-refractivity contribution in [2.45, 2.75) is 32.0 Å². The summed E-state index contributed by atoms with van der Waals surface area (Å²) in [7, 11) is 0. The number of fused-ring (bicyclic) bond motifs is 2. The lowest BCUT2D eigenvalue weighted by atomic mass is 9.90. The van der Waals surface area contributed by atoms with Gasteiger partial charge in [-0.25, -0.2) is 0 Å². The summed E-state index contributed by atoms with van der Waals surface area (Å²) in [6.07, 6.45) is 4.67. The lowest BCUT2D eigenvalue weighted by Gasteiger charge is -2.31. The van der Waals surface area contributed by atoms with Crippen LogP contribution < -0.4 is 4.74 Å². The molecule has 0 fully saturated rings. The molecule has 100 valence electrons. The molecular weight excluding hydrogens is 240 g/mol. The Morgan fingerprint density at radius 2 is 2.21 bits per heavy atom. The number of aliphatic hydroxyl groups is 1. The summed E-state index contributed by atoms with van der Waals surface area (Å²) in [6.45, 7) is 2.52. The summed E-state index contributed by atoms with van der Waals surface area (Å²) in [5.41, 5.74) is 3.43. The van der Waals surface area contributed by atoms with Gasteiger partial charge in [-0.1, -0.05) is 25.1 Å². The third kappa shape index (κ3) is 2.26. The minimum absolute atomic E-state index is 0.0803. The van der Waals surface area contributed by atoms with Gasteiger partial charge in [-0.05, 0) is 24.1 Å². The molecule has 1 N–H and O–H groups in total. The Labute approximate surface area is 113 Å². The predicted octanol–water partition coefficient (Wildman–Crippen LogP) is 2.91. The minimum atomic E-state index is -0.331. The zero-order chi connectivity index (χ0) is 13.2. The van der Waals surface area contributed by atoms with Crippen LogP contribution in [0, 0.1) is 0 Å². The van der Waals surface area contributed by atoms with Crippen LogP contribution in [-0.4, -0.2) is 23.9 Å². The van der Waals surface area contributed by atoms with E-state index in [1.165, 1.54) is 5.57 Å². The van der Waals surface area contributed by atoms with Crippen molar-refractivity contribution in [2.24, 2.45) is 0 Å². The van der Waals surface area contributed by atoms with E-state index in [2.05, 4.69) is 6.07 Å². The molecule has 0 aromatic heterocycles. The summed E-state index contributed by atoms with van der Waals surface area (Å²) >= 11 is 0. The molecule has 2 heterocycles. The van der Waals surface area contributed by atoms with Gasteiger partial charge in [0.1, 0.15) is 18.5 Å². The Morgan fingerprint density at radius 3 is 3.05 bits per heavy atom. The highest BCUT2D eigenvalue weighted by atomic mass is 16.5. The molecule has 2 aliphatic heterocycles.